The average Bonchev–Trinajstić information content (AvgIpc) is 3.04. The first kappa shape index (κ1) is 23.4. The van der Waals surface area contributed by atoms with Gasteiger partial charge < -0.3 is 9.80 Å². The smallest absolute Gasteiger partial charge is 0.101 e. The van der Waals surface area contributed by atoms with E-state index in [0.29, 0.717) is 6.17 Å². The first-order valence-electron chi connectivity index (χ1n) is 12.0. The lowest BCUT2D eigenvalue weighted by molar-refractivity contribution is 0.137. The van der Waals surface area contributed by atoms with Gasteiger partial charge in [0.15, 0.2) is 0 Å². The van der Waals surface area contributed by atoms with Crippen molar-refractivity contribution in [3.05, 3.63) is 12.4 Å². The van der Waals surface area contributed by atoms with E-state index in [9.17, 15) is 0 Å². The van der Waals surface area contributed by atoms with Gasteiger partial charge in [-0.15, -0.1) is 0 Å². The lowest BCUT2D eigenvalue weighted by Gasteiger charge is -2.33. The number of hydrogen-bond acceptors (Lipinski definition) is 2. The molecule has 1 heterocycles. The summed E-state index contributed by atoms with van der Waals surface area (Å²) in [4.78, 5) is 5.22. The standard InChI is InChI=1S/C24H48N2/c1-4-7-10-11-12-13-14-15-16-17-18-21-26-23-22-25(20-9-6-3)24(26)19-8-5-2/h22-24H,4-21H2,1-3H3. The van der Waals surface area contributed by atoms with Gasteiger partial charge in [-0.05, 0) is 25.7 Å². The van der Waals surface area contributed by atoms with Gasteiger partial charge in [-0.3, -0.25) is 0 Å². The SMILES string of the molecule is CCCCCCCCCCCCCN1C=CN(CCCC)C1CCCC. The summed E-state index contributed by atoms with van der Waals surface area (Å²) in [5.74, 6) is 0. The third-order valence-electron chi connectivity index (χ3n) is 5.82. The van der Waals surface area contributed by atoms with E-state index in [2.05, 4.69) is 43.0 Å². The molecule has 0 amide bonds. The predicted molar refractivity (Wildman–Crippen MR) is 117 cm³/mol. The number of nitrogens with zero attached hydrogens (tertiary/aromatic N) is 2. The maximum atomic E-state index is 2.62. The highest BCUT2D eigenvalue weighted by atomic mass is 15.4. The molecule has 1 aliphatic heterocycles. The Kier molecular flexibility index (Phi) is 14.8. The molecule has 0 bridgehead atoms. The van der Waals surface area contributed by atoms with E-state index >= 15 is 0 Å². The van der Waals surface area contributed by atoms with Gasteiger partial charge in [-0.25, -0.2) is 0 Å². The second-order valence-electron chi connectivity index (χ2n) is 8.29. The predicted octanol–water partition coefficient (Wildman–Crippen LogP) is 7.70. The Labute approximate surface area is 165 Å². The normalized spacial score (nSPS) is 16.8. The van der Waals surface area contributed by atoms with Crippen LogP contribution in [-0.2, 0) is 0 Å². The molecule has 154 valence electrons. The van der Waals surface area contributed by atoms with Gasteiger partial charge in [0.25, 0.3) is 0 Å². The van der Waals surface area contributed by atoms with Crippen LogP contribution in [0.3, 0.4) is 0 Å². The van der Waals surface area contributed by atoms with Crippen molar-refractivity contribution < 1.29 is 0 Å². The van der Waals surface area contributed by atoms with Gasteiger partial charge in [-0.1, -0.05) is 97.8 Å². The van der Waals surface area contributed by atoms with Crippen molar-refractivity contribution in [1.29, 1.82) is 0 Å². The van der Waals surface area contributed by atoms with Gasteiger partial charge >= 0.3 is 0 Å². The van der Waals surface area contributed by atoms with Crippen molar-refractivity contribution >= 4 is 0 Å². The van der Waals surface area contributed by atoms with E-state index in [-0.39, 0.29) is 0 Å². The van der Waals surface area contributed by atoms with Crippen molar-refractivity contribution in [3.8, 4) is 0 Å². The fraction of sp³-hybridized carbons (Fsp3) is 0.917. The summed E-state index contributed by atoms with van der Waals surface area (Å²) in [6.07, 6.45) is 27.7. The molecule has 0 spiro atoms. The molecule has 0 aromatic carbocycles. The summed E-state index contributed by atoms with van der Waals surface area (Å²) < 4.78 is 0. The number of rotatable bonds is 18. The summed E-state index contributed by atoms with van der Waals surface area (Å²) in [5, 5.41) is 0. The number of hydrogen-bond donors (Lipinski definition) is 0. The lowest BCUT2D eigenvalue weighted by atomic mass is 10.1. The van der Waals surface area contributed by atoms with E-state index in [0.717, 1.165) is 0 Å². The van der Waals surface area contributed by atoms with Crippen LogP contribution in [0, 0.1) is 0 Å². The molecule has 1 aliphatic rings. The molecule has 2 nitrogen and oxygen atoms in total. The highest BCUT2D eigenvalue weighted by molar-refractivity contribution is 4.96. The molecule has 1 atom stereocenters. The van der Waals surface area contributed by atoms with Crippen LogP contribution in [-0.4, -0.2) is 29.1 Å². The molecule has 0 aliphatic carbocycles. The van der Waals surface area contributed by atoms with Crippen molar-refractivity contribution in [3.63, 3.8) is 0 Å². The topological polar surface area (TPSA) is 6.48 Å². The van der Waals surface area contributed by atoms with Crippen LogP contribution in [0.15, 0.2) is 12.4 Å². The van der Waals surface area contributed by atoms with Crippen LogP contribution in [0.4, 0.5) is 0 Å². The van der Waals surface area contributed by atoms with Gasteiger partial charge in [0.2, 0.25) is 0 Å². The molecular formula is C24H48N2. The van der Waals surface area contributed by atoms with Gasteiger partial charge in [0.1, 0.15) is 6.17 Å². The van der Waals surface area contributed by atoms with Crippen LogP contribution in [0.1, 0.15) is 124 Å². The summed E-state index contributed by atoms with van der Waals surface area (Å²) in [5.41, 5.74) is 0. The summed E-state index contributed by atoms with van der Waals surface area (Å²) in [6.45, 7) is 9.39. The average molecular weight is 365 g/mol. The minimum absolute atomic E-state index is 0.643. The number of unbranched alkanes of at least 4 members (excludes halogenated alkanes) is 12. The first-order chi connectivity index (χ1) is 12.8. The monoisotopic (exact) mass is 364 g/mol. The van der Waals surface area contributed by atoms with Crippen LogP contribution >= 0.6 is 0 Å². The van der Waals surface area contributed by atoms with Gasteiger partial charge in [-0.2, -0.15) is 0 Å². The molecule has 0 saturated heterocycles. The quantitative estimate of drug-likeness (QED) is 0.230. The van der Waals surface area contributed by atoms with Crippen molar-refractivity contribution in [1.82, 2.24) is 9.80 Å². The Bertz CT molecular complexity index is 326. The van der Waals surface area contributed by atoms with Crippen LogP contribution in [0.2, 0.25) is 0 Å². The van der Waals surface area contributed by atoms with Gasteiger partial charge in [0, 0.05) is 25.5 Å². The molecule has 2 heteroatoms. The fourth-order valence-electron chi connectivity index (χ4n) is 4.03. The third-order valence-corrected chi connectivity index (χ3v) is 5.82. The highest BCUT2D eigenvalue weighted by Crippen LogP contribution is 2.22. The van der Waals surface area contributed by atoms with Crippen LogP contribution < -0.4 is 0 Å². The largest absolute Gasteiger partial charge is 0.356 e. The zero-order valence-corrected chi connectivity index (χ0v) is 18.4. The Balaban J connectivity index is 2.06. The van der Waals surface area contributed by atoms with Crippen molar-refractivity contribution in [2.75, 3.05) is 13.1 Å². The molecule has 0 fully saturated rings. The molecule has 0 aromatic heterocycles. The molecule has 0 radical (unpaired) electrons. The molecule has 1 rings (SSSR count). The van der Waals surface area contributed by atoms with E-state index < -0.39 is 0 Å². The minimum Gasteiger partial charge on any atom is -0.356 e. The van der Waals surface area contributed by atoms with Gasteiger partial charge in [0.05, 0.1) is 0 Å². The summed E-state index contributed by atoms with van der Waals surface area (Å²) in [6, 6.07) is 0. The molecule has 1 unspecified atom stereocenters. The van der Waals surface area contributed by atoms with Crippen molar-refractivity contribution in [2.45, 2.75) is 130 Å². The lowest BCUT2D eigenvalue weighted by Crippen LogP contribution is -2.39. The second kappa shape index (κ2) is 16.5. The molecule has 0 N–H and O–H groups in total. The first-order valence-corrected chi connectivity index (χ1v) is 12.0. The summed E-state index contributed by atoms with van der Waals surface area (Å²) >= 11 is 0. The van der Waals surface area contributed by atoms with Crippen molar-refractivity contribution in [2.24, 2.45) is 0 Å². The fourth-order valence-corrected chi connectivity index (χ4v) is 4.03. The highest BCUT2D eigenvalue weighted by Gasteiger charge is 2.24. The Morgan fingerprint density at radius 2 is 0.923 bits per heavy atom. The maximum Gasteiger partial charge on any atom is 0.101 e. The Morgan fingerprint density at radius 1 is 0.500 bits per heavy atom. The van der Waals surface area contributed by atoms with E-state index in [4.69, 9.17) is 0 Å². The molecule has 0 aromatic rings. The Hall–Kier alpha value is -0.660. The maximum absolute atomic E-state index is 2.62. The third kappa shape index (κ3) is 10.5. The van der Waals surface area contributed by atoms with Crippen LogP contribution in [0.25, 0.3) is 0 Å². The second-order valence-corrected chi connectivity index (χ2v) is 8.29. The van der Waals surface area contributed by atoms with E-state index in [1.807, 2.05) is 0 Å². The summed E-state index contributed by atoms with van der Waals surface area (Å²) in [7, 11) is 0. The Morgan fingerprint density at radius 3 is 1.42 bits per heavy atom. The minimum atomic E-state index is 0.643. The van der Waals surface area contributed by atoms with Crippen LogP contribution in [0.5, 0.6) is 0 Å². The zero-order chi connectivity index (χ0) is 18.9. The molecule has 26 heavy (non-hydrogen) atoms. The van der Waals surface area contributed by atoms with E-state index in [1.54, 1.807) is 0 Å². The van der Waals surface area contributed by atoms with E-state index in [1.165, 1.54) is 116 Å². The zero-order valence-electron chi connectivity index (χ0n) is 18.4. The molecule has 0 saturated carbocycles. The molecular weight excluding hydrogens is 316 g/mol.